The molecule has 1 unspecified atom stereocenters. The lowest BCUT2D eigenvalue weighted by atomic mass is 9.99. The van der Waals surface area contributed by atoms with Crippen LogP contribution in [0, 0.1) is 0 Å². The molecule has 0 radical (unpaired) electrons. The molecule has 1 aromatic carbocycles. The first kappa shape index (κ1) is 18.9. The molecule has 24 heavy (non-hydrogen) atoms. The van der Waals surface area contributed by atoms with Crippen LogP contribution >= 0.6 is 0 Å². The van der Waals surface area contributed by atoms with Gasteiger partial charge in [-0.3, -0.25) is 0 Å². The summed E-state index contributed by atoms with van der Waals surface area (Å²) < 4.78 is 17.4. The van der Waals surface area contributed by atoms with Crippen LogP contribution in [0.4, 0.5) is 0 Å². The van der Waals surface area contributed by atoms with E-state index in [1.165, 1.54) is 11.1 Å². The lowest BCUT2D eigenvalue weighted by Gasteiger charge is -2.24. The van der Waals surface area contributed by atoms with Gasteiger partial charge in [-0.25, -0.2) is 0 Å². The van der Waals surface area contributed by atoms with E-state index in [0.29, 0.717) is 6.61 Å². The predicted molar refractivity (Wildman–Crippen MR) is 99.0 cm³/mol. The van der Waals surface area contributed by atoms with Crippen LogP contribution < -0.4 is 9.47 Å². The van der Waals surface area contributed by atoms with E-state index in [2.05, 4.69) is 46.8 Å². The molecular weight excluding hydrogens is 300 g/mol. The second-order valence-electron chi connectivity index (χ2n) is 7.31. The molecule has 1 aliphatic rings. The van der Waals surface area contributed by atoms with Gasteiger partial charge in [-0.2, -0.15) is 0 Å². The molecule has 0 aliphatic carbocycles. The van der Waals surface area contributed by atoms with Crippen molar-refractivity contribution in [3.8, 4) is 11.5 Å². The molecule has 0 N–H and O–H groups in total. The average molecular weight is 332 g/mol. The summed E-state index contributed by atoms with van der Waals surface area (Å²) in [6, 6.07) is 6.15. The van der Waals surface area contributed by atoms with E-state index in [9.17, 15) is 0 Å². The SMILES string of the molecule is CCOC(C)(C)CCC/C(C)=C/COc1ccc2c(c1)OC(C)C2. The maximum Gasteiger partial charge on any atom is 0.126 e. The molecule has 2 rings (SSSR count). The number of allylic oxidation sites excluding steroid dienone is 1. The Balaban J connectivity index is 1.73. The summed E-state index contributed by atoms with van der Waals surface area (Å²) >= 11 is 0. The summed E-state index contributed by atoms with van der Waals surface area (Å²) in [6.45, 7) is 12.0. The quantitative estimate of drug-likeness (QED) is 0.573. The Bertz CT molecular complexity index is 560. The zero-order valence-corrected chi connectivity index (χ0v) is 15.9. The van der Waals surface area contributed by atoms with Gasteiger partial charge in [0, 0.05) is 19.1 Å². The van der Waals surface area contributed by atoms with Crippen molar-refractivity contribution >= 4 is 0 Å². The van der Waals surface area contributed by atoms with Gasteiger partial charge < -0.3 is 14.2 Å². The molecule has 3 heteroatoms. The summed E-state index contributed by atoms with van der Waals surface area (Å²) in [5, 5.41) is 0. The Morgan fingerprint density at radius 3 is 2.92 bits per heavy atom. The van der Waals surface area contributed by atoms with Crippen molar-refractivity contribution < 1.29 is 14.2 Å². The van der Waals surface area contributed by atoms with Crippen LogP contribution in [-0.4, -0.2) is 24.9 Å². The van der Waals surface area contributed by atoms with E-state index in [-0.39, 0.29) is 11.7 Å². The lowest BCUT2D eigenvalue weighted by Crippen LogP contribution is -2.24. The fourth-order valence-electron chi connectivity index (χ4n) is 3.11. The Labute approximate surface area is 147 Å². The maximum atomic E-state index is 5.84. The van der Waals surface area contributed by atoms with Gasteiger partial charge in [-0.05, 0) is 71.6 Å². The molecule has 3 nitrogen and oxygen atoms in total. The predicted octanol–water partition coefficient (Wildman–Crippen LogP) is 5.32. The topological polar surface area (TPSA) is 27.7 Å². The monoisotopic (exact) mass is 332 g/mol. The van der Waals surface area contributed by atoms with Crippen LogP contribution in [-0.2, 0) is 11.2 Å². The van der Waals surface area contributed by atoms with Gasteiger partial charge in [-0.15, -0.1) is 0 Å². The molecule has 0 fully saturated rings. The van der Waals surface area contributed by atoms with E-state index < -0.39 is 0 Å². The largest absolute Gasteiger partial charge is 0.490 e. The van der Waals surface area contributed by atoms with Crippen molar-refractivity contribution in [1.29, 1.82) is 0 Å². The maximum absolute atomic E-state index is 5.84. The number of ether oxygens (including phenoxy) is 3. The zero-order chi connectivity index (χ0) is 17.6. The normalized spacial score (nSPS) is 17.5. The average Bonchev–Trinajstić information content (AvgIpc) is 2.86. The zero-order valence-electron chi connectivity index (χ0n) is 15.9. The van der Waals surface area contributed by atoms with Crippen molar-refractivity contribution in [1.82, 2.24) is 0 Å². The molecule has 0 spiro atoms. The van der Waals surface area contributed by atoms with Crippen molar-refractivity contribution in [2.24, 2.45) is 0 Å². The highest BCUT2D eigenvalue weighted by Gasteiger charge is 2.19. The number of fused-ring (bicyclic) bond motifs is 1. The highest BCUT2D eigenvalue weighted by Crippen LogP contribution is 2.32. The molecule has 0 saturated heterocycles. The van der Waals surface area contributed by atoms with Crippen molar-refractivity contribution in [3.63, 3.8) is 0 Å². The van der Waals surface area contributed by atoms with Crippen molar-refractivity contribution in [2.45, 2.75) is 72.0 Å². The molecule has 0 saturated carbocycles. The Morgan fingerprint density at radius 2 is 2.17 bits per heavy atom. The molecular formula is C21H32O3. The number of hydrogen-bond acceptors (Lipinski definition) is 3. The summed E-state index contributed by atoms with van der Waals surface area (Å²) in [5.41, 5.74) is 2.62. The van der Waals surface area contributed by atoms with Gasteiger partial charge in [0.25, 0.3) is 0 Å². The summed E-state index contributed by atoms with van der Waals surface area (Å²) in [6.07, 6.45) is 6.74. The molecule has 1 atom stereocenters. The third kappa shape index (κ3) is 5.86. The Hall–Kier alpha value is -1.48. The summed E-state index contributed by atoms with van der Waals surface area (Å²) in [7, 11) is 0. The Morgan fingerprint density at radius 1 is 1.38 bits per heavy atom. The first-order valence-electron chi connectivity index (χ1n) is 9.11. The highest BCUT2D eigenvalue weighted by molar-refractivity contribution is 5.43. The van der Waals surface area contributed by atoms with Crippen LogP contribution in [0.25, 0.3) is 0 Å². The van der Waals surface area contributed by atoms with Crippen LogP contribution in [0.15, 0.2) is 29.8 Å². The molecule has 0 amide bonds. The fourth-order valence-corrected chi connectivity index (χ4v) is 3.11. The fraction of sp³-hybridized carbons (Fsp3) is 0.619. The Kier molecular flexibility index (Phi) is 6.73. The molecule has 0 bridgehead atoms. The van der Waals surface area contributed by atoms with Gasteiger partial charge in [0.15, 0.2) is 0 Å². The minimum absolute atomic E-state index is 0.0208. The molecule has 1 aromatic rings. The second-order valence-corrected chi connectivity index (χ2v) is 7.31. The number of hydrogen-bond donors (Lipinski definition) is 0. The summed E-state index contributed by atoms with van der Waals surface area (Å²) in [5.74, 6) is 1.85. The van der Waals surface area contributed by atoms with E-state index in [0.717, 1.165) is 43.8 Å². The van der Waals surface area contributed by atoms with E-state index in [1.54, 1.807) is 0 Å². The molecule has 0 aromatic heterocycles. The minimum atomic E-state index is -0.0208. The van der Waals surface area contributed by atoms with Crippen LogP contribution in [0.3, 0.4) is 0 Å². The van der Waals surface area contributed by atoms with Crippen LogP contribution in [0.5, 0.6) is 11.5 Å². The second kappa shape index (κ2) is 8.57. The standard InChI is InChI=1S/C21H32O3/c1-6-23-21(4,5)12-7-8-16(2)11-13-22-19-10-9-18-14-17(3)24-20(18)15-19/h9-11,15,17H,6-8,12-14H2,1-5H3/b16-11+. The van der Waals surface area contributed by atoms with Gasteiger partial charge in [-0.1, -0.05) is 11.6 Å². The van der Waals surface area contributed by atoms with Gasteiger partial charge in [0.05, 0.1) is 5.60 Å². The summed E-state index contributed by atoms with van der Waals surface area (Å²) in [4.78, 5) is 0. The van der Waals surface area contributed by atoms with Gasteiger partial charge in [0.1, 0.15) is 24.2 Å². The van der Waals surface area contributed by atoms with Crippen molar-refractivity contribution in [3.05, 3.63) is 35.4 Å². The highest BCUT2D eigenvalue weighted by atomic mass is 16.5. The third-order valence-electron chi connectivity index (χ3n) is 4.44. The minimum Gasteiger partial charge on any atom is -0.490 e. The molecule has 1 aliphatic heterocycles. The number of rotatable bonds is 9. The van der Waals surface area contributed by atoms with Gasteiger partial charge >= 0.3 is 0 Å². The van der Waals surface area contributed by atoms with Crippen molar-refractivity contribution in [2.75, 3.05) is 13.2 Å². The molecule has 1 heterocycles. The number of benzene rings is 1. The molecule has 134 valence electrons. The van der Waals surface area contributed by atoms with Crippen LogP contribution in [0.2, 0.25) is 0 Å². The van der Waals surface area contributed by atoms with E-state index >= 15 is 0 Å². The smallest absolute Gasteiger partial charge is 0.126 e. The van der Waals surface area contributed by atoms with E-state index in [1.807, 2.05) is 12.1 Å². The van der Waals surface area contributed by atoms with Gasteiger partial charge in [0.2, 0.25) is 0 Å². The van der Waals surface area contributed by atoms with Crippen LogP contribution in [0.1, 0.15) is 59.4 Å². The first-order chi connectivity index (χ1) is 11.4. The van der Waals surface area contributed by atoms with E-state index in [4.69, 9.17) is 14.2 Å². The third-order valence-corrected chi connectivity index (χ3v) is 4.44. The first-order valence-corrected chi connectivity index (χ1v) is 9.11. The lowest BCUT2D eigenvalue weighted by molar-refractivity contribution is -0.0173.